The van der Waals surface area contributed by atoms with E-state index in [2.05, 4.69) is 15.5 Å². The molecule has 1 N–H and O–H groups in total. The van der Waals surface area contributed by atoms with E-state index in [0.717, 1.165) is 0 Å². The zero-order valence-corrected chi connectivity index (χ0v) is 10.5. The Labute approximate surface area is 95.6 Å². The van der Waals surface area contributed by atoms with Gasteiger partial charge >= 0.3 is 0 Å². The second-order valence-electron chi connectivity index (χ2n) is 4.99. The van der Waals surface area contributed by atoms with Crippen LogP contribution in [0.2, 0.25) is 0 Å². The fourth-order valence-electron chi connectivity index (χ4n) is 1.13. The van der Waals surface area contributed by atoms with Crippen LogP contribution in [-0.4, -0.2) is 29.0 Å². The number of hydrogen-bond donors (Lipinski definition) is 1. The molecule has 5 nitrogen and oxygen atoms in total. The summed E-state index contributed by atoms with van der Waals surface area (Å²) >= 11 is 0. The number of aromatic nitrogens is 2. The first-order chi connectivity index (χ1) is 7.34. The fraction of sp³-hybridized carbons (Fsp3) is 0.727. The van der Waals surface area contributed by atoms with Crippen molar-refractivity contribution < 1.29 is 9.32 Å². The molecule has 0 saturated heterocycles. The number of hydrogen-bond acceptors (Lipinski definition) is 5. The molecule has 1 aromatic rings. The maximum absolute atomic E-state index is 11.8. The number of nitrogens with one attached hydrogen (secondary N) is 1. The minimum Gasteiger partial charge on any atom is -0.331 e. The standard InChI is InChI=1S/C11H19N3O2/c1-7(12-5)6-8-13-10(16-14-8)9(15)11(2,3)4/h7,12H,6H2,1-5H3. The molecule has 0 saturated carbocycles. The van der Waals surface area contributed by atoms with Crippen LogP contribution in [0.4, 0.5) is 0 Å². The van der Waals surface area contributed by atoms with Gasteiger partial charge in [-0.2, -0.15) is 4.98 Å². The Morgan fingerprint density at radius 2 is 2.12 bits per heavy atom. The molecule has 16 heavy (non-hydrogen) atoms. The second-order valence-corrected chi connectivity index (χ2v) is 4.99. The van der Waals surface area contributed by atoms with Gasteiger partial charge in [-0.05, 0) is 14.0 Å². The summed E-state index contributed by atoms with van der Waals surface area (Å²) < 4.78 is 4.96. The molecule has 0 bridgehead atoms. The van der Waals surface area contributed by atoms with Crippen molar-refractivity contribution in [3.8, 4) is 0 Å². The number of rotatable bonds is 4. The molecule has 0 aliphatic carbocycles. The van der Waals surface area contributed by atoms with Gasteiger partial charge in [-0.3, -0.25) is 4.79 Å². The monoisotopic (exact) mass is 225 g/mol. The van der Waals surface area contributed by atoms with Gasteiger partial charge < -0.3 is 9.84 Å². The van der Waals surface area contributed by atoms with Crippen molar-refractivity contribution >= 4 is 5.78 Å². The Hall–Kier alpha value is -1.23. The molecule has 0 fully saturated rings. The Kier molecular flexibility index (Phi) is 3.80. The summed E-state index contributed by atoms with van der Waals surface area (Å²) in [5.41, 5.74) is -0.488. The zero-order chi connectivity index (χ0) is 12.3. The van der Waals surface area contributed by atoms with Crippen LogP contribution >= 0.6 is 0 Å². The first-order valence-corrected chi connectivity index (χ1v) is 5.39. The van der Waals surface area contributed by atoms with Crippen LogP contribution in [0.3, 0.4) is 0 Å². The van der Waals surface area contributed by atoms with E-state index in [1.807, 2.05) is 34.7 Å². The van der Waals surface area contributed by atoms with Crippen LogP contribution < -0.4 is 5.32 Å². The third-order valence-electron chi connectivity index (χ3n) is 2.33. The summed E-state index contributed by atoms with van der Waals surface area (Å²) in [7, 11) is 1.87. The lowest BCUT2D eigenvalue weighted by Gasteiger charge is -2.12. The van der Waals surface area contributed by atoms with Gasteiger partial charge in [0.05, 0.1) is 0 Å². The maximum Gasteiger partial charge on any atom is 0.294 e. The molecule has 1 rings (SSSR count). The van der Waals surface area contributed by atoms with Gasteiger partial charge in [0.25, 0.3) is 5.89 Å². The molecule has 1 heterocycles. The predicted molar refractivity (Wildman–Crippen MR) is 60.3 cm³/mol. The van der Waals surface area contributed by atoms with Gasteiger partial charge in [-0.15, -0.1) is 0 Å². The van der Waals surface area contributed by atoms with Crippen molar-refractivity contribution in [2.45, 2.75) is 40.2 Å². The van der Waals surface area contributed by atoms with Crippen molar-refractivity contribution in [3.63, 3.8) is 0 Å². The van der Waals surface area contributed by atoms with Crippen LogP contribution in [-0.2, 0) is 6.42 Å². The lowest BCUT2D eigenvalue weighted by molar-refractivity contribution is 0.0811. The SMILES string of the molecule is CNC(C)Cc1noc(C(=O)C(C)(C)C)n1. The van der Waals surface area contributed by atoms with E-state index in [4.69, 9.17) is 4.52 Å². The number of ketones is 1. The van der Waals surface area contributed by atoms with E-state index >= 15 is 0 Å². The Morgan fingerprint density at radius 1 is 1.50 bits per heavy atom. The van der Waals surface area contributed by atoms with E-state index in [0.29, 0.717) is 12.2 Å². The zero-order valence-electron chi connectivity index (χ0n) is 10.5. The Morgan fingerprint density at radius 3 is 2.62 bits per heavy atom. The molecule has 1 aromatic heterocycles. The molecule has 1 unspecified atom stereocenters. The molecule has 0 radical (unpaired) electrons. The minimum atomic E-state index is -0.488. The lowest BCUT2D eigenvalue weighted by atomic mass is 9.91. The van der Waals surface area contributed by atoms with Crippen molar-refractivity contribution in [1.82, 2.24) is 15.5 Å². The molecular formula is C11H19N3O2. The molecule has 1 atom stereocenters. The number of nitrogens with zero attached hydrogens (tertiary/aromatic N) is 2. The normalized spacial score (nSPS) is 13.8. The molecule has 5 heteroatoms. The number of likely N-dealkylation sites (N-methyl/N-ethyl adjacent to an activating group) is 1. The van der Waals surface area contributed by atoms with Crippen molar-refractivity contribution in [2.75, 3.05) is 7.05 Å². The van der Waals surface area contributed by atoms with Crippen LogP contribution in [0.5, 0.6) is 0 Å². The van der Waals surface area contributed by atoms with Crippen LogP contribution in [0.25, 0.3) is 0 Å². The summed E-state index contributed by atoms with van der Waals surface area (Å²) in [4.78, 5) is 15.9. The second kappa shape index (κ2) is 4.74. The Balaban J connectivity index is 2.76. The molecule has 0 aromatic carbocycles. The number of Topliss-reactive ketones (excluding diaryl/α,β-unsaturated/α-hetero) is 1. The first kappa shape index (κ1) is 12.8. The van der Waals surface area contributed by atoms with Crippen molar-refractivity contribution in [1.29, 1.82) is 0 Å². The van der Waals surface area contributed by atoms with Gasteiger partial charge in [0, 0.05) is 17.9 Å². The van der Waals surface area contributed by atoms with Crippen LogP contribution in [0, 0.1) is 5.41 Å². The summed E-state index contributed by atoms with van der Waals surface area (Å²) in [5.74, 6) is 0.545. The third-order valence-corrected chi connectivity index (χ3v) is 2.33. The predicted octanol–water partition coefficient (Wildman–Crippen LogP) is 1.45. The highest BCUT2D eigenvalue weighted by atomic mass is 16.5. The van der Waals surface area contributed by atoms with Gasteiger partial charge in [-0.1, -0.05) is 25.9 Å². The van der Waals surface area contributed by atoms with E-state index in [1.54, 1.807) is 0 Å². The summed E-state index contributed by atoms with van der Waals surface area (Å²) in [6.07, 6.45) is 0.650. The quantitative estimate of drug-likeness (QED) is 0.785. The number of carbonyl (C=O) groups excluding carboxylic acids is 1. The topological polar surface area (TPSA) is 68.0 Å². The van der Waals surface area contributed by atoms with Gasteiger partial charge in [0.15, 0.2) is 5.82 Å². The highest BCUT2D eigenvalue weighted by Crippen LogP contribution is 2.19. The molecule has 0 amide bonds. The van der Waals surface area contributed by atoms with Gasteiger partial charge in [0.2, 0.25) is 5.78 Å². The molecule has 0 aliphatic rings. The van der Waals surface area contributed by atoms with Gasteiger partial charge in [-0.25, -0.2) is 0 Å². The molecule has 0 aliphatic heterocycles. The first-order valence-electron chi connectivity index (χ1n) is 5.39. The molecule has 90 valence electrons. The largest absolute Gasteiger partial charge is 0.331 e. The third kappa shape index (κ3) is 3.13. The molecular weight excluding hydrogens is 206 g/mol. The van der Waals surface area contributed by atoms with E-state index in [9.17, 15) is 4.79 Å². The van der Waals surface area contributed by atoms with Crippen molar-refractivity contribution in [2.24, 2.45) is 5.41 Å². The smallest absolute Gasteiger partial charge is 0.294 e. The highest BCUT2D eigenvalue weighted by molar-refractivity contribution is 5.95. The summed E-state index contributed by atoms with van der Waals surface area (Å²) in [6.45, 7) is 7.50. The van der Waals surface area contributed by atoms with Crippen molar-refractivity contribution in [3.05, 3.63) is 11.7 Å². The average Bonchev–Trinajstić information content (AvgIpc) is 2.63. The Bertz CT molecular complexity index is 366. The fourth-order valence-corrected chi connectivity index (χ4v) is 1.13. The highest BCUT2D eigenvalue weighted by Gasteiger charge is 2.28. The van der Waals surface area contributed by atoms with E-state index in [1.165, 1.54) is 0 Å². The van der Waals surface area contributed by atoms with Crippen LogP contribution in [0.1, 0.15) is 44.2 Å². The minimum absolute atomic E-state index is 0.103. The van der Waals surface area contributed by atoms with E-state index in [-0.39, 0.29) is 17.7 Å². The molecule has 0 spiro atoms. The van der Waals surface area contributed by atoms with E-state index < -0.39 is 5.41 Å². The van der Waals surface area contributed by atoms with Crippen LogP contribution in [0.15, 0.2) is 4.52 Å². The number of carbonyl (C=O) groups is 1. The summed E-state index contributed by atoms with van der Waals surface area (Å²) in [6, 6.07) is 0.259. The average molecular weight is 225 g/mol. The lowest BCUT2D eigenvalue weighted by Crippen LogP contribution is -2.24. The van der Waals surface area contributed by atoms with Gasteiger partial charge in [0.1, 0.15) is 0 Å². The maximum atomic E-state index is 11.8. The summed E-state index contributed by atoms with van der Waals surface area (Å²) in [5, 5.41) is 6.87.